The van der Waals surface area contributed by atoms with E-state index in [0.29, 0.717) is 18.1 Å². The normalized spacial score (nSPS) is 12.0. The minimum absolute atomic E-state index is 0.213. The Kier molecular flexibility index (Phi) is 6.68. The predicted molar refractivity (Wildman–Crippen MR) is 113 cm³/mol. The van der Waals surface area contributed by atoms with Crippen molar-refractivity contribution in [2.75, 3.05) is 13.7 Å². The van der Waals surface area contributed by atoms with Gasteiger partial charge in [0.25, 0.3) is 0 Å². The first-order valence-electron chi connectivity index (χ1n) is 9.44. The average Bonchev–Trinajstić information content (AvgIpc) is 3.17. The molecule has 1 atom stereocenters. The van der Waals surface area contributed by atoms with Crippen molar-refractivity contribution >= 4 is 12.0 Å². The number of nitrogens with zero attached hydrogens (tertiary/aromatic N) is 2. The molecule has 0 aliphatic heterocycles. The van der Waals surface area contributed by atoms with Gasteiger partial charge in [0.2, 0.25) is 5.91 Å². The molecule has 0 spiro atoms. The second kappa shape index (κ2) is 9.59. The summed E-state index contributed by atoms with van der Waals surface area (Å²) in [6, 6.07) is 15.0. The van der Waals surface area contributed by atoms with Gasteiger partial charge in [0.05, 0.1) is 13.7 Å². The topological polar surface area (TPSA) is 65.4 Å². The van der Waals surface area contributed by atoms with Crippen LogP contribution >= 0.6 is 0 Å². The number of benzene rings is 2. The zero-order valence-electron chi connectivity index (χ0n) is 16.8. The van der Waals surface area contributed by atoms with Gasteiger partial charge in [-0.15, -0.1) is 0 Å². The lowest BCUT2D eigenvalue weighted by atomic mass is 10.1. The second-order valence-corrected chi connectivity index (χ2v) is 6.43. The molecule has 1 unspecified atom stereocenters. The van der Waals surface area contributed by atoms with Gasteiger partial charge in [-0.2, -0.15) is 0 Å². The maximum absolute atomic E-state index is 12.6. The Bertz CT molecular complexity index is 980. The molecule has 0 aliphatic carbocycles. The lowest BCUT2D eigenvalue weighted by Gasteiger charge is -2.18. The molecule has 3 rings (SSSR count). The molecular weight excluding hydrogens is 366 g/mol. The Morgan fingerprint density at radius 3 is 2.66 bits per heavy atom. The first-order chi connectivity index (χ1) is 14.1. The number of methoxy groups -OCH3 is 1. The van der Waals surface area contributed by atoms with Gasteiger partial charge in [0, 0.05) is 25.5 Å². The average molecular weight is 391 g/mol. The highest BCUT2D eigenvalue weighted by molar-refractivity contribution is 5.92. The zero-order chi connectivity index (χ0) is 20.6. The summed E-state index contributed by atoms with van der Waals surface area (Å²) in [5, 5.41) is 3.04. The molecule has 3 aromatic rings. The van der Waals surface area contributed by atoms with Crippen LogP contribution in [-0.2, 0) is 11.8 Å². The predicted octanol–water partition coefficient (Wildman–Crippen LogP) is 3.75. The van der Waals surface area contributed by atoms with E-state index in [-0.39, 0.29) is 11.9 Å². The van der Waals surface area contributed by atoms with Gasteiger partial charge >= 0.3 is 0 Å². The van der Waals surface area contributed by atoms with Crippen LogP contribution in [0.5, 0.6) is 11.5 Å². The molecule has 1 aromatic heterocycles. The largest absolute Gasteiger partial charge is 0.493 e. The Balaban J connectivity index is 1.78. The van der Waals surface area contributed by atoms with E-state index in [4.69, 9.17) is 9.47 Å². The van der Waals surface area contributed by atoms with Gasteiger partial charge in [-0.25, -0.2) is 4.98 Å². The van der Waals surface area contributed by atoms with Gasteiger partial charge in [0.15, 0.2) is 11.5 Å². The van der Waals surface area contributed by atoms with Crippen molar-refractivity contribution in [1.82, 2.24) is 14.9 Å². The standard InChI is InChI=1S/C23H25N3O3/c1-4-29-19-12-10-17(16-20(19)28-3)11-13-21(27)25-22(18-8-6-5-7-9-18)23-24-14-15-26(23)2/h5-16,22H,4H2,1-3H3,(H,25,27)/b13-11+. The summed E-state index contributed by atoms with van der Waals surface area (Å²) in [5.41, 5.74) is 1.81. The molecule has 0 saturated heterocycles. The van der Waals surface area contributed by atoms with E-state index in [1.165, 1.54) is 6.08 Å². The number of amides is 1. The minimum Gasteiger partial charge on any atom is -0.493 e. The second-order valence-electron chi connectivity index (χ2n) is 6.43. The first kappa shape index (κ1) is 20.2. The molecule has 150 valence electrons. The third-order valence-corrected chi connectivity index (χ3v) is 4.45. The van der Waals surface area contributed by atoms with Crippen molar-refractivity contribution in [2.45, 2.75) is 13.0 Å². The summed E-state index contributed by atoms with van der Waals surface area (Å²) in [6.45, 7) is 2.48. The maximum Gasteiger partial charge on any atom is 0.244 e. The van der Waals surface area contributed by atoms with Gasteiger partial charge in [-0.3, -0.25) is 4.79 Å². The number of rotatable bonds is 8. The number of ether oxygens (including phenoxy) is 2. The molecule has 29 heavy (non-hydrogen) atoms. The molecule has 0 aliphatic rings. The van der Waals surface area contributed by atoms with Crippen LogP contribution in [0.3, 0.4) is 0 Å². The third kappa shape index (κ3) is 5.04. The van der Waals surface area contributed by atoms with Crippen LogP contribution in [0.2, 0.25) is 0 Å². The molecule has 0 fully saturated rings. The van der Waals surface area contributed by atoms with Gasteiger partial charge < -0.3 is 19.4 Å². The van der Waals surface area contributed by atoms with Crippen LogP contribution in [0.1, 0.15) is 29.9 Å². The first-order valence-corrected chi connectivity index (χ1v) is 9.44. The van der Waals surface area contributed by atoms with Gasteiger partial charge in [-0.05, 0) is 36.3 Å². The van der Waals surface area contributed by atoms with Gasteiger partial charge in [0.1, 0.15) is 11.9 Å². The van der Waals surface area contributed by atoms with E-state index < -0.39 is 0 Å². The van der Waals surface area contributed by atoms with E-state index in [2.05, 4.69) is 10.3 Å². The Morgan fingerprint density at radius 2 is 2.00 bits per heavy atom. The van der Waals surface area contributed by atoms with Crippen LogP contribution in [-0.4, -0.2) is 29.2 Å². The summed E-state index contributed by atoms with van der Waals surface area (Å²) in [5.74, 6) is 1.86. The van der Waals surface area contributed by atoms with Crippen molar-refractivity contribution in [3.05, 3.63) is 84.0 Å². The van der Waals surface area contributed by atoms with E-state index in [0.717, 1.165) is 17.0 Å². The summed E-state index contributed by atoms with van der Waals surface area (Å²) in [7, 11) is 3.50. The van der Waals surface area contributed by atoms with Crippen LogP contribution < -0.4 is 14.8 Å². The fraction of sp³-hybridized carbons (Fsp3) is 0.217. The fourth-order valence-electron chi connectivity index (χ4n) is 3.02. The smallest absolute Gasteiger partial charge is 0.244 e. The highest BCUT2D eigenvalue weighted by atomic mass is 16.5. The molecule has 1 N–H and O–H groups in total. The number of hydrogen-bond acceptors (Lipinski definition) is 4. The summed E-state index contributed by atoms with van der Waals surface area (Å²) in [4.78, 5) is 17.0. The number of nitrogens with one attached hydrogen (secondary N) is 1. The van der Waals surface area contributed by atoms with Gasteiger partial charge in [-0.1, -0.05) is 36.4 Å². The molecule has 0 bridgehead atoms. The molecule has 6 heteroatoms. The number of hydrogen-bond donors (Lipinski definition) is 1. The number of aryl methyl sites for hydroxylation is 1. The molecule has 0 radical (unpaired) electrons. The molecule has 6 nitrogen and oxygen atoms in total. The van der Waals surface area contributed by atoms with E-state index >= 15 is 0 Å². The maximum atomic E-state index is 12.6. The molecule has 1 heterocycles. The molecule has 0 saturated carbocycles. The zero-order valence-corrected chi connectivity index (χ0v) is 16.8. The molecule has 1 amide bonds. The monoisotopic (exact) mass is 391 g/mol. The Morgan fingerprint density at radius 1 is 1.21 bits per heavy atom. The Labute approximate surface area is 170 Å². The summed E-state index contributed by atoms with van der Waals surface area (Å²) >= 11 is 0. The van der Waals surface area contributed by atoms with E-state index in [1.807, 2.05) is 73.3 Å². The van der Waals surface area contributed by atoms with Crippen molar-refractivity contribution in [2.24, 2.45) is 7.05 Å². The minimum atomic E-state index is -0.344. The van der Waals surface area contributed by atoms with E-state index in [1.54, 1.807) is 19.4 Å². The van der Waals surface area contributed by atoms with Crippen LogP contribution in [0.4, 0.5) is 0 Å². The quantitative estimate of drug-likeness (QED) is 0.594. The highest BCUT2D eigenvalue weighted by Gasteiger charge is 2.19. The summed E-state index contributed by atoms with van der Waals surface area (Å²) < 4.78 is 12.8. The lowest BCUT2D eigenvalue weighted by molar-refractivity contribution is -0.117. The van der Waals surface area contributed by atoms with Crippen molar-refractivity contribution in [1.29, 1.82) is 0 Å². The SMILES string of the molecule is CCOc1ccc(/C=C/C(=O)NC(c2ccccc2)c2nccn2C)cc1OC. The van der Waals surface area contributed by atoms with Crippen molar-refractivity contribution < 1.29 is 14.3 Å². The lowest BCUT2D eigenvalue weighted by Crippen LogP contribution is -2.29. The van der Waals surface area contributed by atoms with Crippen molar-refractivity contribution in [3.8, 4) is 11.5 Å². The van der Waals surface area contributed by atoms with Crippen molar-refractivity contribution in [3.63, 3.8) is 0 Å². The number of carbonyl (C=O) groups is 1. The molecule has 2 aromatic carbocycles. The highest BCUT2D eigenvalue weighted by Crippen LogP contribution is 2.28. The summed E-state index contributed by atoms with van der Waals surface area (Å²) in [6.07, 6.45) is 6.83. The molecular formula is C23H25N3O3. The number of imidazole rings is 1. The van der Waals surface area contributed by atoms with E-state index in [9.17, 15) is 4.79 Å². The fourth-order valence-corrected chi connectivity index (χ4v) is 3.02. The van der Waals surface area contributed by atoms with Crippen LogP contribution in [0.15, 0.2) is 67.0 Å². The number of carbonyl (C=O) groups excluding carboxylic acids is 1. The van der Waals surface area contributed by atoms with Crippen LogP contribution in [0.25, 0.3) is 6.08 Å². The number of aromatic nitrogens is 2. The Hall–Kier alpha value is -3.54. The van der Waals surface area contributed by atoms with Crippen LogP contribution in [0, 0.1) is 0 Å². The third-order valence-electron chi connectivity index (χ3n) is 4.45.